The number of halogens is 2. The second-order valence-electron chi connectivity index (χ2n) is 9.92. The number of rotatable bonds is 7. The lowest BCUT2D eigenvalue weighted by Gasteiger charge is -2.33. The number of hydrogen-bond donors (Lipinski definition) is 1. The SMILES string of the molecule is Cc1cc(CNCC2(F)CCC2)cc2nc(-c3cccc(-c4ccc(F)cc4-c4nncn4C)c3)oc12. The second-order valence-corrected chi connectivity index (χ2v) is 9.92. The zero-order valence-corrected chi connectivity index (χ0v) is 20.8. The third-order valence-corrected chi connectivity index (χ3v) is 7.11. The van der Waals surface area contributed by atoms with Gasteiger partial charge in [0, 0.05) is 31.3 Å². The molecule has 2 aromatic heterocycles. The van der Waals surface area contributed by atoms with E-state index in [0.717, 1.165) is 45.3 Å². The third-order valence-electron chi connectivity index (χ3n) is 7.11. The van der Waals surface area contributed by atoms with E-state index in [-0.39, 0.29) is 5.82 Å². The summed E-state index contributed by atoms with van der Waals surface area (Å²) in [4.78, 5) is 4.77. The van der Waals surface area contributed by atoms with Crippen LogP contribution in [0.5, 0.6) is 0 Å². The van der Waals surface area contributed by atoms with Crippen molar-refractivity contribution in [2.75, 3.05) is 6.54 Å². The van der Waals surface area contributed by atoms with Crippen molar-refractivity contribution in [1.82, 2.24) is 25.1 Å². The van der Waals surface area contributed by atoms with Gasteiger partial charge >= 0.3 is 0 Å². The molecule has 3 aromatic carbocycles. The molecule has 37 heavy (non-hydrogen) atoms. The topological polar surface area (TPSA) is 68.8 Å². The van der Waals surface area contributed by atoms with Gasteiger partial charge in [-0.3, -0.25) is 0 Å². The van der Waals surface area contributed by atoms with E-state index in [1.54, 1.807) is 17.0 Å². The minimum absolute atomic E-state index is 0.341. The van der Waals surface area contributed by atoms with Gasteiger partial charge in [0.05, 0.1) is 0 Å². The van der Waals surface area contributed by atoms with Gasteiger partial charge in [0.15, 0.2) is 11.4 Å². The molecule has 8 heteroatoms. The van der Waals surface area contributed by atoms with E-state index in [9.17, 15) is 8.78 Å². The molecule has 0 saturated heterocycles. The molecular formula is C29H27F2N5O. The number of benzene rings is 3. The summed E-state index contributed by atoms with van der Waals surface area (Å²) in [6.45, 7) is 2.95. The summed E-state index contributed by atoms with van der Waals surface area (Å²) in [5, 5.41) is 11.4. The average Bonchev–Trinajstić information content (AvgIpc) is 3.49. The molecule has 6 rings (SSSR count). The largest absolute Gasteiger partial charge is 0.436 e. The molecule has 0 aliphatic heterocycles. The van der Waals surface area contributed by atoms with E-state index in [1.165, 1.54) is 12.1 Å². The van der Waals surface area contributed by atoms with Crippen LogP contribution in [0.2, 0.25) is 0 Å². The molecule has 6 nitrogen and oxygen atoms in total. The van der Waals surface area contributed by atoms with Crippen molar-refractivity contribution in [3.05, 3.63) is 77.9 Å². The number of aromatic nitrogens is 4. The quantitative estimate of drug-likeness (QED) is 0.281. The number of hydrogen-bond acceptors (Lipinski definition) is 5. The van der Waals surface area contributed by atoms with Crippen LogP contribution in [0, 0.1) is 12.7 Å². The first kappa shape index (κ1) is 23.5. The van der Waals surface area contributed by atoms with E-state index in [2.05, 4.69) is 21.6 Å². The highest BCUT2D eigenvalue weighted by molar-refractivity contribution is 5.84. The van der Waals surface area contributed by atoms with Crippen LogP contribution in [0.4, 0.5) is 8.78 Å². The van der Waals surface area contributed by atoms with Crippen LogP contribution in [0.15, 0.2) is 65.3 Å². The third kappa shape index (κ3) is 4.53. The van der Waals surface area contributed by atoms with E-state index in [4.69, 9.17) is 9.40 Å². The number of nitrogens with one attached hydrogen (secondary N) is 1. The smallest absolute Gasteiger partial charge is 0.227 e. The van der Waals surface area contributed by atoms with Gasteiger partial charge in [-0.2, -0.15) is 0 Å². The highest BCUT2D eigenvalue weighted by Gasteiger charge is 2.36. The summed E-state index contributed by atoms with van der Waals surface area (Å²) >= 11 is 0. The first-order valence-corrected chi connectivity index (χ1v) is 12.4. The van der Waals surface area contributed by atoms with Crippen LogP contribution in [-0.2, 0) is 13.6 Å². The molecule has 0 unspecified atom stereocenters. The number of oxazole rings is 1. The Kier molecular flexibility index (Phi) is 5.83. The molecule has 1 saturated carbocycles. The Morgan fingerprint density at radius 2 is 1.89 bits per heavy atom. The summed E-state index contributed by atoms with van der Waals surface area (Å²) < 4.78 is 36.4. The van der Waals surface area contributed by atoms with Crippen LogP contribution in [0.25, 0.3) is 45.1 Å². The lowest BCUT2D eigenvalue weighted by atomic mass is 9.82. The van der Waals surface area contributed by atoms with Crippen molar-refractivity contribution in [1.29, 1.82) is 0 Å². The van der Waals surface area contributed by atoms with Gasteiger partial charge in [0.25, 0.3) is 0 Å². The Labute approximate surface area is 213 Å². The van der Waals surface area contributed by atoms with Crippen molar-refractivity contribution >= 4 is 11.1 Å². The first-order valence-electron chi connectivity index (χ1n) is 12.4. The summed E-state index contributed by atoms with van der Waals surface area (Å²) in [5.74, 6) is 0.742. The van der Waals surface area contributed by atoms with E-state index in [0.29, 0.717) is 43.2 Å². The van der Waals surface area contributed by atoms with Crippen LogP contribution < -0.4 is 5.32 Å². The Morgan fingerprint density at radius 1 is 1.05 bits per heavy atom. The van der Waals surface area contributed by atoms with Crippen molar-refractivity contribution in [2.45, 2.75) is 38.4 Å². The van der Waals surface area contributed by atoms with Gasteiger partial charge in [-0.1, -0.05) is 24.3 Å². The number of aryl methyl sites for hydroxylation is 2. The highest BCUT2D eigenvalue weighted by atomic mass is 19.1. The number of fused-ring (bicyclic) bond motifs is 1. The average molecular weight is 500 g/mol. The van der Waals surface area contributed by atoms with Gasteiger partial charge < -0.3 is 14.3 Å². The molecule has 188 valence electrons. The van der Waals surface area contributed by atoms with E-state index < -0.39 is 5.67 Å². The molecule has 1 fully saturated rings. The molecule has 5 aromatic rings. The lowest BCUT2D eigenvalue weighted by molar-refractivity contribution is 0.0630. The van der Waals surface area contributed by atoms with Crippen LogP contribution in [0.3, 0.4) is 0 Å². The monoisotopic (exact) mass is 499 g/mol. The molecule has 0 bridgehead atoms. The minimum Gasteiger partial charge on any atom is -0.436 e. The molecule has 1 N–H and O–H groups in total. The zero-order valence-electron chi connectivity index (χ0n) is 20.8. The van der Waals surface area contributed by atoms with Gasteiger partial charge in [-0.25, -0.2) is 13.8 Å². The maximum absolute atomic E-state index is 14.3. The first-order chi connectivity index (χ1) is 17.9. The summed E-state index contributed by atoms with van der Waals surface area (Å²) in [6.07, 6.45) is 3.84. The minimum atomic E-state index is -1.05. The fourth-order valence-electron chi connectivity index (χ4n) is 4.97. The van der Waals surface area contributed by atoms with Gasteiger partial charge in [-0.15, -0.1) is 10.2 Å². The Bertz CT molecular complexity index is 1600. The lowest BCUT2D eigenvalue weighted by Crippen LogP contribution is -2.42. The molecule has 1 aliphatic rings. The normalized spacial score (nSPS) is 14.7. The van der Waals surface area contributed by atoms with Gasteiger partial charge in [0.1, 0.15) is 23.3 Å². The van der Waals surface area contributed by atoms with E-state index >= 15 is 0 Å². The summed E-state index contributed by atoms with van der Waals surface area (Å²) in [7, 11) is 1.83. The van der Waals surface area contributed by atoms with Crippen molar-refractivity contribution in [3.8, 4) is 34.0 Å². The standard InChI is InChI=1S/C29H27F2N5O/c1-18-11-19(15-32-16-29(31)9-4-10-29)12-25-26(18)37-28(34-25)21-6-3-5-20(13-21)23-8-7-22(30)14-24(23)27-35-33-17-36(27)2/h3,5-8,11-14,17,32H,4,9-10,15-16H2,1-2H3. The highest BCUT2D eigenvalue weighted by Crippen LogP contribution is 2.36. The Hall–Kier alpha value is -3.91. The fourth-order valence-corrected chi connectivity index (χ4v) is 4.97. The van der Waals surface area contributed by atoms with Crippen LogP contribution in [0.1, 0.15) is 30.4 Å². The molecule has 2 heterocycles. The molecule has 0 radical (unpaired) electrons. The van der Waals surface area contributed by atoms with Gasteiger partial charge in [-0.05, 0) is 78.8 Å². The molecular weight excluding hydrogens is 472 g/mol. The van der Waals surface area contributed by atoms with Crippen molar-refractivity contribution < 1.29 is 13.2 Å². The molecule has 0 atom stereocenters. The van der Waals surface area contributed by atoms with E-state index in [1.807, 2.05) is 44.3 Å². The summed E-state index contributed by atoms with van der Waals surface area (Å²) in [6, 6.07) is 16.5. The van der Waals surface area contributed by atoms with Crippen molar-refractivity contribution in [2.24, 2.45) is 7.05 Å². The molecule has 0 spiro atoms. The van der Waals surface area contributed by atoms with Crippen molar-refractivity contribution in [3.63, 3.8) is 0 Å². The Balaban J connectivity index is 1.31. The fraction of sp³-hybridized carbons (Fsp3) is 0.276. The molecule has 1 aliphatic carbocycles. The Morgan fingerprint density at radius 3 is 2.65 bits per heavy atom. The maximum atomic E-state index is 14.3. The number of nitrogens with zero attached hydrogens (tertiary/aromatic N) is 4. The maximum Gasteiger partial charge on any atom is 0.227 e. The predicted octanol–water partition coefficient (Wildman–Crippen LogP) is 6.39. The molecule has 0 amide bonds. The summed E-state index contributed by atoms with van der Waals surface area (Å²) in [5.41, 5.74) is 5.64. The zero-order chi connectivity index (χ0) is 25.6. The van der Waals surface area contributed by atoms with Crippen LogP contribution >= 0.6 is 0 Å². The predicted molar refractivity (Wildman–Crippen MR) is 139 cm³/mol. The van der Waals surface area contributed by atoms with Gasteiger partial charge in [0.2, 0.25) is 5.89 Å². The number of alkyl halides is 1. The second kappa shape index (κ2) is 9.19. The van der Waals surface area contributed by atoms with Crippen LogP contribution in [-0.4, -0.2) is 32.0 Å².